The summed E-state index contributed by atoms with van der Waals surface area (Å²) in [6.07, 6.45) is 0. The van der Waals surface area contributed by atoms with E-state index in [1.165, 1.54) is 0 Å². The molecule has 0 spiro atoms. The zero-order chi connectivity index (χ0) is 22.9. The predicted molar refractivity (Wildman–Crippen MR) is 130 cm³/mol. The number of carbonyl (C=O) groups is 1. The summed E-state index contributed by atoms with van der Waals surface area (Å²) in [6, 6.07) is 24.6. The lowest BCUT2D eigenvalue weighted by Gasteiger charge is -2.14. The molecule has 164 valence electrons. The van der Waals surface area contributed by atoms with Gasteiger partial charge in [-0.05, 0) is 36.8 Å². The van der Waals surface area contributed by atoms with Crippen molar-refractivity contribution in [2.45, 2.75) is 13.0 Å². The second kappa shape index (κ2) is 8.27. The second-order valence-electron chi connectivity index (χ2n) is 7.79. The summed E-state index contributed by atoms with van der Waals surface area (Å²) in [5.41, 5.74) is 11.0. The highest BCUT2D eigenvalue weighted by Gasteiger charge is 2.26. The Bertz CT molecular complexity index is 1480. The molecule has 1 unspecified atom stereocenters. The van der Waals surface area contributed by atoms with Gasteiger partial charge in [-0.2, -0.15) is 0 Å². The number of hydrogen-bond donors (Lipinski definition) is 2. The Labute approximate surface area is 190 Å². The number of carbonyl (C=O) groups excluding carboxylic acids is 1. The Balaban J connectivity index is 1.70. The third kappa shape index (κ3) is 3.63. The molecule has 0 radical (unpaired) electrons. The van der Waals surface area contributed by atoms with Crippen molar-refractivity contribution in [1.82, 2.24) is 19.9 Å². The topological polar surface area (TPSA) is 95.1 Å². The number of nitrogens with one attached hydrogen (secondary N) is 1. The molecule has 5 aromatic rings. The molecule has 0 bridgehead atoms. The van der Waals surface area contributed by atoms with Crippen molar-refractivity contribution in [2.75, 3.05) is 12.8 Å². The van der Waals surface area contributed by atoms with Gasteiger partial charge in [0.15, 0.2) is 5.65 Å². The van der Waals surface area contributed by atoms with E-state index in [4.69, 9.17) is 20.4 Å². The summed E-state index contributed by atoms with van der Waals surface area (Å²) < 4.78 is 7.13. The number of para-hydroxylation sites is 2. The fourth-order valence-electron chi connectivity index (χ4n) is 3.99. The number of nitrogen functional groups attached to an aromatic ring is 1. The lowest BCUT2D eigenvalue weighted by molar-refractivity contribution is 0.0942. The number of amides is 1. The van der Waals surface area contributed by atoms with Gasteiger partial charge in [0, 0.05) is 6.07 Å². The Kier molecular flexibility index (Phi) is 5.14. The summed E-state index contributed by atoms with van der Waals surface area (Å²) in [4.78, 5) is 23.1. The van der Waals surface area contributed by atoms with E-state index in [-0.39, 0.29) is 17.8 Å². The van der Waals surface area contributed by atoms with Gasteiger partial charge < -0.3 is 15.8 Å². The molecule has 3 aromatic carbocycles. The molecule has 2 heterocycles. The van der Waals surface area contributed by atoms with Crippen LogP contribution in [-0.2, 0) is 0 Å². The third-order valence-corrected chi connectivity index (χ3v) is 5.68. The first-order chi connectivity index (χ1) is 16.1. The molecular weight excluding hydrogens is 414 g/mol. The van der Waals surface area contributed by atoms with Crippen LogP contribution >= 0.6 is 0 Å². The van der Waals surface area contributed by atoms with Crippen LogP contribution in [0.1, 0.15) is 28.9 Å². The van der Waals surface area contributed by atoms with E-state index >= 15 is 0 Å². The smallest absolute Gasteiger partial charge is 0.257 e. The van der Waals surface area contributed by atoms with E-state index in [2.05, 4.69) is 5.32 Å². The predicted octanol–water partition coefficient (Wildman–Crippen LogP) is 4.66. The van der Waals surface area contributed by atoms with Gasteiger partial charge in [-0.1, -0.05) is 48.5 Å². The molecule has 7 nitrogen and oxygen atoms in total. The lowest BCUT2D eigenvalue weighted by Crippen LogP contribution is -2.27. The highest BCUT2D eigenvalue weighted by molar-refractivity contribution is 6.11. The first-order valence-corrected chi connectivity index (χ1v) is 10.6. The van der Waals surface area contributed by atoms with Crippen molar-refractivity contribution < 1.29 is 9.53 Å². The van der Waals surface area contributed by atoms with Crippen LogP contribution in [0.15, 0.2) is 78.9 Å². The Hall–Kier alpha value is -4.39. The van der Waals surface area contributed by atoms with Crippen LogP contribution in [0.25, 0.3) is 27.9 Å². The number of hydrogen-bond acceptors (Lipinski definition) is 5. The van der Waals surface area contributed by atoms with Crippen LogP contribution in [0.2, 0.25) is 0 Å². The summed E-state index contributed by atoms with van der Waals surface area (Å²) in [7, 11) is 1.60. The molecule has 3 N–H and O–H groups in total. The molecule has 0 aliphatic heterocycles. The van der Waals surface area contributed by atoms with Crippen molar-refractivity contribution in [3.63, 3.8) is 0 Å². The lowest BCUT2D eigenvalue weighted by atomic mass is 10.1. The number of ether oxygens (including phenoxy) is 1. The third-order valence-electron chi connectivity index (χ3n) is 5.68. The van der Waals surface area contributed by atoms with Crippen molar-refractivity contribution >= 4 is 33.9 Å². The molecule has 0 aliphatic rings. The zero-order valence-electron chi connectivity index (χ0n) is 18.3. The van der Waals surface area contributed by atoms with Crippen LogP contribution in [-0.4, -0.2) is 27.6 Å². The van der Waals surface area contributed by atoms with Crippen LogP contribution in [0.4, 0.5) is 5.82 Å². The maximum atomic E-state index is 13.5. The highest BCUT2D eigenvalue weighted by Crippen LogP contribution is 2.32. The van der Waals surface area contributed by atoms with Gasteiger partial charge in [0.05, 0.1) is 29.9 Å². The Morgan fingerprint density at radius 3 is 2.39 bits per heavy atom. The maximum absolute atomic E-state index is 13.5. The molecule has 0 saturated carbocycles. The minimum Gasteiger partial charge on any atom is -0.497 e. The van der Waals surface area contributed by atoms with Crippen LogP contribution in [0.5, 0.6) is 5.75 Å². The van der Waals surface area contributed by atoms with Crippen molar-refractivity contribution in [3.05, 3.63) is 90.0 Å². The molecule has 1 amide bonds. The monoisotopic (exact) mass is 437 g/mol. The molecule has 5 rings (SSSR count). The van der Waals surface area contributed by atoms with Gasteiger partial charge >= 0.3 is 0 Å². The van der Waals surface area contributed by atoms with Gasteiger partial charge in [0.25, 0.3) is 5.91 Å². The van der Waals surface area contributed by atoms with E-state index in [0.717, 1.165) is 16.8 Å². The number of nitrogens with two attached hydrogens (primary N) is 1. The zero-order valence-corrected chi connectivity index (χ0v) is 18.3. The minimum atomic E-state index is -0.305. The molecular formula is C26H23N5O2. The number of nitrogens with zero attached hydrogens (tertiary/aromatic N) is 3. The quantitative estimate of drug-likeness (QED) is 0.417. The molecule has 1 atom stereocenters. The van der Waals surface area contributed by atoms with Gasteiger partial charge in [-0.25, -0.2) is 9.97 Å². The standard InChI is InChI=1S/C26H23N5O2/c1-16(17-9-4-3-5-10-17)28-26(32)22-23-25(30-21-14-7-6-13-20(21)29-23)31(24(22)27)18-11-8-12-19(15-18)33-2/h3-16H,27H2,1-2H3,(H,28,32). The van der Waals surface area contributed by atoms with E-state index in [1.807, 2.05) is 85.8 Å². The summed E-state index contributed by atoms with van der Waals surface area (Å²) in [5.74, 6) is 0.637. The molecule has 0 aliphatic carbocycles. The van der Waals surface area contributed by atoms with Crippen molar-refractivity contribution in [2.24, 2.45) is 0 Å². The van der Waals surface area contributed by atoms with Crippen molar-refractivity contribution in [1.29, 1.82) is 0 Å². The van der Waals surface area contributed by atoms with Crippen LogP contribution in [0.3, 0.4) is 0 Å². The normalized spacial score (nSPS) is 12.1. The van der Waals surface area contributed by atoms with Gasteiger partial charge in [0.1, 0.15) is 22.6 Å². The van der Waals surface area contributed by atoms with Gasteiger partial charge in [-0.15, -0.1) is 0 Å². The van der Waals surface area contributed by atoms with E-state index in [1.54, 1.807) is 11.7 Å². The van der Waals surface area contributed by atoms with Crippen LogP contribution in [0, 0.1) is 0 Å². The number of methoxy groups -OCH3 is 1. The number of anilines is 1. The van der Waals surface area contributed by atoms with Gasteiger partial charge in [-0.3, -0.25) is 9.36 Å². The largest absolute Gasteiger partial charge is 0.497 e. The Morgan fingerprint density at radius 1 is 0.970 bits per heavy atom. The second-order valence-corrected chi connectivity index (χ2v) is 7.79. The number of aromatic nitrogens is 3. The van der Waals surface area contributed by atoms with Crippen molar-refractivity contribution in [3.8, 4) is 11.4 Å². The van der Waals surface area contributed by atoms with E-state index < -0.39 is 0 Å². The highest BCUT2D eigenvalue weighted by atomic mass is 16.5. The average Bonchev–Trinajstić information content (AvgIpc) is 3.13. The minimum absolute atomic E-state index is 0.207. The first kappa shape index (κ1) is 20.5. The first-order valence-electron chi connectivity index (χ1n) is 10.6. The summed E-state index contributed by atoms with van der Waals surface area (Å²) in [6.45, 7) is 1.94. The SMILES string of the molecule is COc1cccc(-n2c(N)c(C(=O)NC(C)c3ccccc3)c3nc4ccccc4nc32)c1. The van der Waals surface area contributed by atoms with Gasteiger partial charge in [0.2, 0.25) is 0 Å². The average molecular weight is 438 g/mol. The fourth-order valence-corrected chi connectivity index (χ4v) is 3.99. The number of rotatable bonds is 5. The number of fused-ring (bicyclic) bond motifs is 2. The molecule has 0 saturated heterocycles. The molecule has 2 aromatic heterocycles. The maximum Gasteiger partial charge on any atom is 0.257 e. The van der Waals surface area contributed by atoms with Crippen LogP contribution < -0.4 is 15.8 Å². The molecule has 0 fully saturated rings. The molecule has 7 heteroatoms. The Morgan fingerprint density at radius 2 is 1.67 bits per heavy atom. The van der Waals surface area contributed by atoms with E-state index in [9.17, 15) is 4.79 Å². The summed E-state index contributed by atoms with van der Waals surface area (Å²) >= 11 is 0. The number of benzene rings is 3. The summed E-state index contributed by atoms with van der Waals surface area (Å²) in [5, 5.41) is 3.06. The molecule has 33 heavy (non-hydrogen) atoms. The van der Waals surface area contributed by atoms with E-state index in [0.29, 0.717) is 28.0 Å². The fraction of sp³-hybridized carbons (Fsp3) is 0.115.